The first-order chi connectivity index (χ1) is 7.34. The zero-order chi connectivity index (χ0) is 10.5. The van der Waals surface area contributed by atoms with Crippen LogP contribution in [-0.4, -0.2) is 27.5 Å². The number of nitrogens with one attached hydrogen (secondary N) is 1. The maximum Gasteiger partial charge on any atom is 0.222 e. The first kappa shape index (κ1) is 10.7. The molecule has 4 heteroatoms. The van der Waals surface area contributed by atoms with E-state index in [4.69, 9.17) is 0 Å². The zero-order valence-electron chi connectivity index (χ0n) is 9.07. The van der Waals surface area contributed by atoms with Crippen molar-refractivity contribution in [1.29, 1.82) is 0 Å². The predicted molar refractivity (Wildman–Crippen MR) is 65.4 cm³/mol. The fourth-order valence-electron chi connectivity index (χ4n) is 1.66. The van der Waals surface area contributed by atoms with E-state index < -0.39 is 0 Å². The molecule has 1 saturated heterocycles. The van der Waals surface area contributed by atoms with Crippen LogP contribution in [0, 0.1) is 6.92 Å². The summed E-state index contributed by atoms with van der Waals surface area (Å²) in [6, 6.07) is 0. The standard InChI is InChI=1S/C11H17N3S/c1-9-6-12-11(13-7-9)14-8-10-4-2-3-5-15-10/h6-7,10H,2-5,8H2,1H3,(H,12,13,14). The summed E-state index contributed by atoms with van der Waals surface area (Å²) in [5.74, 6) is 2.06. The van der Waals surface area contributed by atoms with Gasteiger partial charge in [-0.2, -0.15) is 11.8 Å². The Hall–Kier alpha value is -0.770. The minimum absolute atomic E-state index is 0.739. The minimum atomic E-state index is 0.739. The van der Waals surface area contributed by atoms with Gasteiger partial charge < -0.3 is 5.32 Å². The molecule has 0 radical (unpaired) electrons. The maximum absolute atomic E-state index is 4.23. The Kier molecular flexibility index (Phi) is 3.83. The van der Waals surface area contributed by atoms with E-state index in [-0.39, 0.29) is 0 Å². The first-order valence-corrected chi connectivity index (χ1v) is 6.53. The molecule has 1 aromatic heterocycles. The highest BCUT2D eigenvalue weighted by Crippen LogP contribution is 2.24. The second kappa shape index (κ2) is 5.35. The van der Waals surface area contributed by atoms with E-state index in [1.54, 1.807) is 0 Å². The molecule has 82 valence electrons. The van der Waals surface area contributed by atoms with Gasteiger partial charge in [0.25, 0.3) is 0 Å². The SMILES string of the molecule is Cc1cnc(NCC2CCCCS2)nc1. The average Bonchev–Trinajstić information content (AvgIpc) is 2.30. The van der Waals surface area contributed by atoms with Gasteiger partial charge in [-0.1, -0.05) is 6.42 Å². The first-order valence-electron chi connectivity index (χ1n) is 5.49. The lowest BCUT2D eigenvalue weighted by molar-refractivity contribution is 0.676. The van der Waals surface area contributed by atoms with Crippen molar-refractivity contribution in [3.05, 3.63) is 18.0 Å². The fourth-order valence-corrected chi connectivity index (χ4v) is 2.90. The second-order valence-electron chi connectivity index (χ2n) is 3.95. The van der Waals surface area contributed by atoms with Crippen LogP contribution in [0.25, 0.3) is 0 Å². The third kappa shape index (κ3) is 3.38. The molecule has 0 bridgehead atoms. The van der Waals surface area contributed by atoms with E-state index >= 15 is 0 Å². The predicted octanol–water partition coefficient (Wildman–Crippen LogP) is 2.48. The summed E-state index contributed by atoms with van der Waals surface area (Å²) < 4.78 is 0. The molecule has 0 amide bonds. The number of rotatable bonds is 3. The molecular formula is C11H17N3S. The zero-order valence-corrected chi connectivity index (χ0v) is 9.89. The van der Waals surface area contributed by atoms with Gasteiger partial charge in [0.2, 0.25) is 5.95 Å². The van der Waals surface area contributed by atoms with Gasteiger partial charge in [0.1, 0.15) is 0 Å². The molecule has 2 heterocycles. The quantitative estimate of drug-likeness (QED) is 0.854. The van der Waals surface area contributed by atoms with E-state index in [1.807, 2.05) is 19.3 Å². The van der Waals surface area contributed by atoms with E-state index in [0.29, 0.717) is 0 Å². The fraction of sp³-hybridized carbons (Fsp3) is 0.636. The molecule has 1 aliphatic heterocycles. The summed E-state index contributed by atoms with van der Waals surface area (Å²) in [5.41, 5.74) is 1.10. The van der Waals surface area contributed by atoms with Crippen molar-refractivity contribution < 1.29 is 0 Å². The van der Waals surface area contributed by atoms with Crippen LogP contribution >= 0.6 is 11.8 Å². The highest BCUT2D eigenvalue weighted by molar-refractivity contribution is 7.99. The Bertz CT molecular complexity index is 293. The third-order valence-electron chi connectivity index (χ3n) is 2.54. The minimum Gasteiger partial charge on any atom is -0.353 e. The Morgan fingerprint density at radius 3 is 2.87 bits per heavy atom. The molecule has 3 nitrogen and oxygen atoms in total. The molecule has 0 spiro atoms. The number of aromatic nitrogens is 2. The number of hydrogen-bond acceptors (Lipinski definition) is 4. The van der Waals surface area contributed by atoms with E-state index in [9.17, 15) is 0 Å². The number of nitrogens with zero attached hydrogens (tertiary/aromatic N) is 2. The maximum atomic E-state index is 4.23. The summed E-state index contributed by atoms with van der Waals surface area (Å²) in [6.07, 6.45) is 7.77. The summed E-state index contributed by atoms with van der Waals surface area (Å²) >= 11 is 2.07. The van der Waals surface area contributed by atoms with Crippen LogP contribution in [0.15, 0.2) is 12.4 Å². The van der Waals surface area contributed by atoms with Gasteiger partial charge in [0, 0.05) is 24.2 Å². The van der Waals surface area contributed by atoms with Crippen LogP contribution in [0.5, 0.6) is 0 Å². The number of anilines is 1. The monoisotopic (exact) mass is 223 g/mol. The number of hydrogen-bond donors (Lipinski definition) is 1. The van der Waals surface area contributed by atoms with Crippen molar-refractivity contribution in [2.75, 3.05) is 17.6 Å². The Morgan fingerprint density at radius 1 is 1.40 bits per heavy atom. The van der Waals surface area contributed by atoms with E-state index in [1.165, 1.54) is 25.0 Å². The van der Waals surface area contributed by atoms with Crippen LogP contribution in [-0.2, 0) is 0 Å². The van der Waals surface area contributed by atoms with Gasteiger partial charge in [-0.3, -0.25) is 0 Å². The van der Waals surface area contributed by atoms with Crippen molar-refractivity contribution in [3.8, 4) is 0 Å². The van der Waals surface area contributed by atoms with Crippen molar-refractivity contribution >= 4 is 17.7 Å². The molecule has 1 aromatic rings. The van der Waals surface area contributed by atoms with Crippen LogP contribution in [0.4, 0.5) is 5.95 Å². The number of thioether (sulfide) groups is 1. The average molecular weight is 223 g/mol. The molecule has 1 fully saturated rings. The molecule has 15 heavy (non-hydrogen) atoms. The highest BCUT2D eigenvalue weighted by atomic mass is 32.2. The van der Waals surface area contributed by atoms with Crippen molar-refractivity contribution in [2.24, 2.45) is 0 Å². The largest absolute Gasteiger partial charge is 0.353 e. The lowest BCUT2D eigenvalue weighted by atomic mass is 10.2. The van der Waals surface area contributed by atoms with E-state index in [0.717, 1.165) is 23.3 Å². The van der Waals surface area contributed by atoms with E-state index in [2.05, 4.69) is 27.0 Å². The molecule has 0 aliphatic carbocycles. The summed E-state index contributed by atoms with van der Waals surface area (Å²) in [6.45, 7) is 2.99. The molecule has 0 saturated carbocycles. The van der Waals surface area contributed by atoms with Gasteiger partial charge in [-0.25, -0.2) is 9.97 Å². The third-order valence-corrected chi connectivity index (χ3v) is 3.94. The van der Waals surface area contributed by atoms with Gasteiger partial charge in [0.15, 0.2) is 0 Å². The molecular weight excluding hydrogens is 206 g/mol. The van der Waals surface area contributed by atoms with Gasteiger partial charge >= 0.3 is 0 Å². The summed E-state index contributed by atoms with van der Waals surface area (Å²) in [4.78, 5) is 8.46. The normalized spacial score (nSPS) is 21.3. The Morgan fingerprint density at radius 2 is 2.20 bits per heavy atom. The van der Waals surface area contributed by atoms with Crippen molar-refractivity contribution in [3.63, 3.8) is 0 Å². The van der Waals surface area contributed by atoms with Gasteiger partial charge in [0.05, 0.1) is 0 Å². The Labute approximate surface area is 95.1 Å². The van der Waals surface area contributed by atoms with Gasteiger partial charge in [-0.05, 0) is 31.1 Å². The molecule has 1 atom stereocenters. The lowest BCUT2D eigenvalue weighted by Gasteiger charge is -2.21. The lowest BCUT2D eigenvalue weighted by Crippen LogP contribution is -2.20. The topological polar surface area (TPSA) is 37.8 Å². The highest BCUT2D eigenvalue weighted by Gasteiger charge is 2.13. The molecule has 1 N–H and O–H groups in total. The van der Waals surface area contributed by atoms with Gasteiger partial charge in [-0.15, -0.1) is 0 Å². The van der Waals surface area contributed by atoms with Crippen LogP contribution < -0.4 is 5.32 Å². The smallest absolute Gasteiger partial charge is 0.222 e. The van der Waals surface area contributed by atoms with Crippen LogP contribution in [0.2, 0.25) is 0 Å². The van der Waals surface area contributed by atoms with Crippen molar-refractivity contribution in [2.45, 2.75) is 31.4 Å². The number of aryl methyl sites for hydroxylation is 1. The molecule has 0 aromatic carbocycles. The second-order valence-corrected chi connectivity index (χ2v) is 5.36. The molecule has 2 rings (SSSR count). The molecule has 1 unspecified atom stereocenters. The van der Waals surface area contributed by atoms with Crippen molar-refractivity contribution in [1.82, 2.24) is 9.97 Å². The van der Waals surface area contributed by atoms with Crippen LogP contribution in [0.3, 0.4) is 0 Å². The molecule has 1 aliphatic rings. The summed E-state index contributed by atoms with van der Waals surface area (Å²) in [5, 5.41) is 4.04. The Balaban J connectivity index is 1.79. The summed E-state index contributed by atoms with van der Waals surface area (Å²) in [7, 11) is 0. The van der Waals surface area contributed by atoms with Crippen LogP contribution in [0.1, 0.15) is 24.8 Å².